The molecule has 0 unspecified atom stereocenters. The normalized spacial score (nSPS) is 18.6. The van der Waals surface area contributed by atoms with E-state index >= 15 is 0 Å². The Balaban J connectivity index is 1.37. The number of hydrogen-bond donors (Lipinski definition) is 1. The summed E-state index contributed by atoms with van der Waals surface area (Å²) in [6, 6.07) is 16.2. The molecule has 1 aromatic heterocycles. The number of anilines is 1. The van der Waals surface area contributed by atoms with Gasteiger partial charge in [0.05, 0.1) is 18.0 Å². The Hall–Kier alpha value is -2.70. The molecule has 1 fully saturated rings. The topological polar surface area (TPSA) is 61.6 Å². The first-order chi connectivity index (χ1) is 15.6. The van der Waals surface area contributed by atoms with Gasteiger partial charge in [-0.05, 0) is 42.4 Å². The third-order valence-corrected chi connectivity index (χ3v) is 6.99. The van der Waals surface area contributed by atoms with Crippen molar-refractivity contribution >= 4 is 16.6 Å². The molecule has 0 radical (unpaired) electrons. The van der Waals surface area contributed by atoms with E-state index in [1.54, 1.807) is 0 Å². The standard InChI is InChI=1S/C26H32N4O2/c1-19-10-14-29(15-11-19)25-23-8-4-5-9-24(23)26(32)30(27-25)18-22(31)17-28-13-12-20-6-2-3-7-21(20)16-28/h2-9,19,22,31H,10-18H2,1H3/t22-/m1/s1. The summed E-state index contributed by atoms with van der Waals surface area (Å²) in [4.78, 5) is 17.7. The fourth-order valence-corrected chi connectivity index (χ4v) is 5.06. The maximum Gasteiger partial charge on any atom is 0.274 e. The van der Waals surface area contributed by atoms with Crippen LogP contribution in [0.25, 0.3) is 10.8 Å². The molecule has 2 aliphatic rings. The quantitative estimate of drug-likeness (QED) is 0.672. The number of rotatable bonds is 5. The molecule has 1 saturated heterocycles. The Bertz CT molecular complexity index is 1150. The van der Waals surface area contributed by atoms with E-state index in [1.165, 1.54) is 15.8 Å². The molecular weight excluding hydrogens is 400 g/mol. The van der Waals surface area contributed by atoms with Crippen LogP contribution in [0.2, 0.25) is 0 Å². The van der Waals surface area contributed by atoms with Gasteiger partial charge in [0.2, 0.25) is 0 Å². The number of fused-ring (bicyclic) bond motifs is 2. The first kappa shape index (κ1) is 21.2. The van der Waals surface area contributed by atoms with Gasteiger partial charge in [-0.1, -0.05) is 49.4 Å². The third-order valence-electron chi connectivity index (χ3n) is 6.99. The zero-order valence-corrected chi connectivity index (χ0v) is 18.8. The highest BCUT2D eigenvalue weighted by Crippen LogP contribution is 2.27. The second-order valence-electron chi connectivity index (χ2n) is 9.43. The average molecular weight is 433 g/mol. The minimum Gasteiger partial charge on any atom is -0.390 e. The van der Waals surface area contributed by atoms with E-state index in [0.717, 1.165) is 62.6 Å². The monoisotopic (exact) mass is 432 g/mol. The predicted molar refractivity (Wildman–Crippen MR) is 128 cm³/mol. The zero-order valence-electron chi connectivity index (χ0n) is 18.8. The van der Waals surface area contributed by atoms with Crippen LogP contribution in [0, 0.1) is 5.92 Å². The Labute approximate surface area is 189 Å². The molecule has 1 atom stereocenters. The van der Waals surface area contributed by atoms with Crippen molar-refractivity contribution in [2.24, 2.45) is 5.92 Å². The number of nitrogens with zero attached hydrogens (tertiary/aromatic N) is 4. The molecular formula is C26H32N4O2. The van der Waals surface area contributed by atoms with Gasteiger partial charge >= 0.3 is 0 Å². The number of piperidine rings is 1. The molecule has 0 amide bonds. The minimum absolute atomic E-state index is 0.127. The van der Waals surface area contributed by atoms with Crippen molar-refractivity contribution in [3.8, 4) is 0 Å². The van der Waals surface area contributed by atoms with Gasteiger partial charge in [-0.15, -0.1) is 0 Å². The van der Waals surface area contributed by atoms with E-state index in [-0.39, 0.29) is 12.1 Å². The lowest BCUT2D eigenvalue weighted by Gasteiger charge is -2.32. The Morgan fingerprint density at radius 3 is 2.44 bits per heavy atom. The maximum absolute atomic E-state index is 13.2. The largest absolute Gasteiger partial charge is 0.390 e. The summed E-state index contributed by atoms with van der Waals surface area (Å²) in [5, 5.41) is 17.2. The van der Waals surface area contributed by atoms with Crippen LogP contribution in [0.4, 0.5) is 5.82 Å². The van der Waals surface area contributed by atoms with E-state index in [0.29, 0.717) is 11.9 Å². The van der Waals surface area contributed by atoms with Crippen molar-refractivity contribution in [2.45, 2.75) is 45.4 Å². The van der Waals surface area contributed by atoms with Crippen LogP contribution in [-0.4, -0.2) is 52.1 Å². The van der Waals surface area contributed by atoms with Gasteiger partial charge in [-0.25, -0.2) is 4.68 Å². The lowest BCUT2D eigenvalue weighted by atomic mass is 9.99. The Morgan fingerprint density at radius 1 is 0.969 bits per heavy atom. The highest BCUT2D eigenvalue weighted by molar-refractivity contribution is 5.91. The van der Waals surface area contributed by atoms with Crippen LogP contribution in [0.15, 0.2) is 53.3 Å². The third kappa shape index (κ3) is 4.30. The number of aliphatic hydroxyl groups is 1. The lowest BCUT2D eigenvalue weighted by molar-refractivity contribution is 0.0878. The SMILES string of the molecule is CC1CCN(c2nn(C[C@H](O)CN3CCc4ccccc4C3)c(=O)c3ccccc23)CC1. The minimum atomic E-state index is -0.652. The second-order valence-corrected chi connectivity index (χ2v) is 9.43. The van der Waals surface area contributed by atoms with Gasteiger partial charge in [-0.3, -0.25) is 9.69 Å². The fraction of sp³-hybridized carbons (Fsp3) is 0.462. The molecule has 3 aromatic rings. The molecule has 0 spiro atoms. The number of hydrogen-bond acceptors (Lipinski definition) is 5. The van der Waals surface area contributed by atoms with Gasteiger partial charge < -0.3 is 10.0 Å². The lowest BCUT2D eigenvalue weighted by Crippen LogP contribution is -2.41. The van der Waals surface area contributed by atoms with E-state index in [2.05, 4.69) is 41.0 Å². The predicted octanol–water partition coefficient (Wildman–Crippen LogP) is 3.05. The van der Waals surface area contributed by atoms with E-state index in [4.69, 9.17) is 5.10 Å². The number of β-amino-alcohol motifs (C(OH)–C–C–N with tert-alkyl or cyclic N) is 1. The highest BCUT2D eigenvalue weighted by atomic mass is 16.3. The van der Waals surface area contributed by atoms with E-state index < -0.39 is 6.10 Å². The summed E-state index contributed by atoms with van der Waals surface area (Å²) in [6.45, 7) is 6.69. The summed E-state index contributed by atoms with van der Waals surface area (Å²) < 4.78 is 1.48. The molecule has 2 aliphatic heterocycles. The first-order valence-electron chi connectivity index (χ1n) is 11.8. The molecule has 0 bridgehead atoms. The summed E-state index contributed by atoms with van der Waals surface area (Å²) in [6.07, 6.45) is 2.61. The molecule has 5 rings (SSSR count). The van der Waals surface area contributed by atoms with Crippen molar-refractivity contribution in [2.75, 3.05) is 31.1 Å². The van der Waals surface area contributed by atoms with Crippen LogP contribution < -0.4 is 10.5 Å². The molecule has 2 aromatic carbocycles. The summed E-state index contributed by atoms with van der Waals surface area (Å²) >= 11 is 0. The van der Waals surface area contributed by atoms with Gasteiger partial charge in [-0.2, -0.15) is 5.10 Å². The summed E-state index contributed by atoms with van der Waals surface area (Å²) in [7, 11) is 0. The first-order valence-corrected chi connectivity index (χ1v) is 11.8. The van der Waals surface area contributed by atoms with Crippen LogP contribution in [0.5, 0.6) is 0 Å². The maximum atomic E-state index is 13.2. The van der Waals surface area contributed by atoms with Gasteiger partial charge in [0.25, 0.3) is 5.56 Å². The summed E-state index contributed by atoms with van der Waals surface area (Å²) in [5.41, 5.74) is 2.59. The van der Waals surface area contributed by atoms with Crippen molar-refractivity contribution in [1.82, 2.24) is 14.7 Å². The van der Waals surface area contributed by atoms with Gasteiger partial charge in [0.1, 0.15) is 0 Å². The Morgan fingerprint density at radius 2 is 1.66 bits per heavy atom. The van der Waals surface area contributed by atoms with Crippen LogP contribution >= 0.6 is 0 Å². The number of aliphatic hydroxyl groups excluding tert-OH is 1. The molecule has 0 saturated carbocycles. The number of benzene rings is 2. The van der Waals surface area contributed by atoms with Crippen molar-refractivity contribution < 1.29 is 5.11 Å². The van der Waals surface area contributed by atoms with E-state index in [1.807, 2.05) is 24.3 Å². The molecule has 3 heterocycles. The van der Waals surface area contributed by atoms with Crippen LogP contribution in [0.3, 0.4) is 0 Å². The molecule has 6 nitrogen and oxygen atoms in total. The second kappa shape index (κ2) is 9.04. The molecule has 32 heavy (non-hydrogen) atoms. The van der Waals surface area contributed by atoms with E-state index in [9.17, 15) is 9.90 Å². The molecule has 1 N–H and O–H groups in total. The van der Waals surface area contributed by atoms with Crippen molar-refractivity contribution in [1.29, 1.82) is 0 Å². The average Bonchev–Trinajstić information content (AvgIpc) is 2.81. The van der Waals surface area contributed by atoms with Crippen molar-refractivity contribution in [3.05, 3.63) is 70.0 Å². The van der Waals surface area contributed by atoms with Gasteiger partial charge in [0, 0.05) is 38.1 Å². The highest BCUT2D eigenvalue weighted by Gasteiger charge is 2.23. The van der Waals surface area contributed by atoms with Crippen molar-refractivity contribution in [3.63, 3.8) is 0 Å². The molecule has 6 heteroatoms. The van der Waals surface area contributed by atoms with Gasteiger partial charge in [0.15, 0.2) is 5.82 Å². The Kier molecular flexibility index (Phi) is 5.98. The van der Waals surface area contributed by atoms with Crippen LogP contribution in [-0.2, 0) is 19.5 Å². The summed E-state index contributed by atoms with van der Waals surface area (Å²) in [5.74, 6) is 1.59. The molecule has 168 valence electrons. The zero-order chi connectivity index (χ0) is 22.1. The number of aromatic nitrogens is 2. The smallest absolute Gasteiger partial charge is 0.274 e. The van der Waals surface area contributed by atoms with Crippen LogP contribution in [0.1, 0.15) is 30.9 Å². The molecule has 0 aliphatic carbocycles. The fourth-order valence-electron chi connectivity index (χ4n) is 5.06.